The summed E-state index contributed by atoms with van der Waals surface area (Å²) in [6, 6.07) is 0. The molecule has 4 nitrogen and oxygen atoms in total. The minimum absolute atomic E-state index is 0.123. The molecule has 1 saturated heterocycles. The van der Waals surface area contributed by atoms with Crippen LogP contribution in [0.2, 0.25) is 0 Å². The molecule has 3 aliphatic rings. The van der Waals surface area contributed by atoms with Crippen molar-refractivity contribution in [2.75, 3.05) is 0 Å². The predicted octanol–water partition coefficient (Wildman–Crippen LogP) is 3.20. The minimum Gasteiger partial charge on any atom is -0.327 e. The Bertz CT molecular complexity index is 559. The van der Waals surface area contributed by atoms with E-state index in [0.29, 0.717) is 11.1 Å². The smallest absolute Gasteiger partial charge is 0.270 e. The van der Waals surface area contributed by atoms with Crippen LogP contribution in [0.3, 0.4) is 0 Å². The van der Waals surface area contributed by atoms with E-state index in [2.05, 4.69) is 21.2 Å². The first kappa shape index (κ1) is 14.8. The summed E-state index contributed by atoms with van der Waals surface area (Å²) >= 11 is 3.39. The second kappa shape index (κ2) is 4.97. The third-order valence-corrected chi connectivity index (χ3v) is 5.31. The van der Waals surface area contributed by atoms with Gasteiger partial charge in [-0.15, -0.1) is 0 Å². The number of amides is 2. The molecular formula is C16H21BrN2O2. The molecule has 3 fully saturated rings. The minimum atomic E-state index is -0.488. The van der Waals surface area contributed by atoms with Crippen molar-refractivity contribution in [1.82, 2.24) is 10.2 Å². The molecule has 2 spiro atoms. The average Bonchev–Trinajstić information content (AvgIpc) is 3.06. The second-order valence-electron chi connectivity index (χ2n) is 6.75. The van der Waals surface area contributed by atoms with Crippen LogP contribution in [0, 0.1) is 5.41 Å². The molecule has 1 heterocycles. The van der Waals surface area contributed by atoms with Crippen LogP contribution in [0.15, 0.2) is 21.8 Å². The van der Waals surface area contributed by atoms with E-state index in [1.165, 1.54) is 19.3 Å². The molecule has 3 rings (SSSR count). The molecule has 2 amide bonds. The molecule has 114 valence electrons. The average molecular weight is 353 g/mol. The molecule has 0 aromatic carbocycles. The lowest BCUT2D eigenvalue weighted by molar-refractivity contribution is -0.122. The number of carbonyl (C=O) groups is 2. The van der Waals surface area contributed by atoms with Gasteiger partial charge in [-0.2, -0.15) is 0 Å². The summed E-state index contributed by atoms with van der Waals surface area (Å²) in [7, 11) is 0. The maximum atomic E-state index is 12.5. The van der Waals surface area contributed by atoms with Crippen LogP contribution in [0.1, 0.15) is 52.4 Å². The quantitative estimate of drug-likeness (QED) is 0.612. The number of nitrogens with one attached hydrogen (secondary N) is 1. The SMILES string of the molecule is CC(/C=C(\C)Br)=C1\C(=O)NC2(CCCC3(CC3)C2)N1C=O. The van der Waals surface area contributed by atoms with E-state index in [1.54, 1.807) is 4.90 Å². The van der Waals surface area contributed by atoms with E-state index in [4.69, 9.17) is 0 Å². The van der Waals surface area contributed by atoms with Gasteiger partial charge in [0, 0.05) is 0 Å². The van der Waals surface area contributed by atoms with Gasteiger partial charge in [-0.25, -0.2) is 0 Å². The van der Waals surface area contributed by atoms with Gasteiger partial charge in [-0.3, -0.25) is 14.5 Å². The largest absolute Gasteiger partial charge is 0.327 e. The first-order chi connectivity index (χ1) is 9.91. The van der Waals surface area contributed by atoms with Crippen molar-refractivity contribution in [2.24, 2.45) is 5.41 Å². The summed E-state index contributed by atoms with van der Waals surface area (Å²) in [5.74, 6) is -0.123. The Balaban J connectivity index is 2.00. The summed E-state index contributed by atoms with van der Waals surface area (Å²) < 4.78 is 0.939. The van der Waals surface area contributed by atoms with Crippen LogP contribution in [0.25, 0.3) is 0 Å². The lowest BCUT2D eigenvalue weighted by Crippen LogP contribution is -2.54. The van der Waals surface area contributed by atoms with Gasteiger partial charge in [-0.1, -0.05) is 15.9 Å². The third kappa shape index (κ3) is 2.45. The van der Waals surface area contributed by atoms with Gasteiger partial charge in [0.2, 0.25) is 6.41 Å². The molecule has 0 bridgehead atoms. The Morgan fingerprint density at radius 1 is 1.29 bits per heavy atom. The number of hydrogen-bond donors (Lipinski definition) is 1. The van der Waals surface area contributed by atoms with E-state index < -0.39 is 5.66 Å². The van der Waals surface area contributed by atoms with Crippen LogP contribution in [-0.2, 0) is 9.59 Å². The molecule has 0 aromatic heterocycles. The third-order valence-electron chi connectivity index (χ3n) is 5.08. The van der Waals surface area contributed by atoms with Crippen LogP contribution >= 0.6 is 15.9 Å². The maximum Gasteiger partial charge on any atom is 0.270 e. The zero-order chi connectivity index (χ0) is 15.3. The van der Waals surface area contributed by atoms with Crippen LogP contribution < -0.4 is 5.32 Å². The van der Waals surface area contributed by atoms with Crippen molar-refractivity contribution in [2.45, 2.75) is 58.0 Å². The van der Waals surface area contributed by atoms with Crippen molar-refractivity contribution in [3.05, 3.63) is 21.8 Å². The van der Waals surface area contributed by atoms with E-state index in [0.717, 1.165) is 35.7 Å². The topological polar surface area (TPSA) is 49.4 Å². The Labute approximate surface area is 133 Å². The molecule has 2 aliphatic carbocycles. The normalized spacial score (nSPS) is 33.4. The van der Waals surface area contributed by atoms with Gasteiger partial charge in [0.25, 0.3) is 5.91 Å². The molecular weight excluding hydrogens is 332 g/mol. The molecule has 21 heavy (non-hydrogen) atoms. The monoisotopic (exact) mass is 352 g/mol. The fraction of sp³-hybridized carbons (Fsp3) is 0.625. The van der Waals surface area contributed by atoms with Gasteiger partial charge in [0.15, 0.2) is 0 Å². The van der Waals surface area contributed by atoms with Crippen molar-refractivity contribution >= 4 is 28.2 Å². The molecule has 1 N–H and O–H groups in total. The van der Waals surface area contributed by atoms with Gasteiger partial charge in [-0.05, 0) is 73.9 Å². The fourth-order valence-corrected chi connectivity index (χ4v) is 4.36. The first-order valence-electron chi connectivity index (χ1n) is 7.53. The van der Waals surface area contributed by atoms with Crippen molar-refractivity contribution in [1.29, 1.82) is 0 Å². The Kier molecular flexibility index (Phi) is 3.51. The lowest BCUT2D eigenvalue weighted by Gasteiger charge is -2.42. The Morgan fingerprint density at radius 2 is 2.00 bits per heavy atom. The highest BCUT2D eigenvalue weighted by Crippen LogP contribution is 2.60. The molecule has 2 saturated carbocycles. The second-order valence-corrected chi connectivity index (χ2v) is 8.01. The molecule has 1 atom stereocenters. The summed E-state index contributed by atoms with van der Waals surface area (Å²) in [5, 5.41) is 3.12. The number of hydrogen-bond acceptors (Lipinski definition) is 2. The van der Waals surface area contributed by atoms with Crippen LogP contribution in [0.4, 0.5) is 0 Å². The van der Waals surface area contributed by atoms with E-state index in [1.807, 2.05) is 19.9 Å². The first-order valence-corrected chi connectivity index (χ1v) is 8.33. The van der Waals surface area contributed by atoms with Gasteiger partial charge < -0.3 is 5.32 Å². The number of rotatable bonds is 2. The van der Waals surface area contributed by atoms with Crippen molar-refractivity contribution < 1.29 is 9.59 Å². The molecule has 0 aromatic rings. The molecule has 1 aliphatic heterocycles. The van der Waals surface area contributed by atoms with E-state index >= 15 is 0 Å². The Hall–Kier alpha value is -1.10. The number of carbonyl (C=O) groups excluding carboxylic acids is 2. The van der Waals surface area contributed by atoms with Gasteiger partial charge in [0.1, 0.15) is 11.4 Å². The number of halogens is 1. The summed E-state index contributed by atoms with van der Waals surface area (Å²) in [6.45, 7) is 3.79. The van der Waals surface area contributed by atoms with E-state index in [9.17, 15) is 9.59 Å². The molecule has 5 heteroatoms. The van der Waals surface area contributed by atoms with E-state index in [-0.39, 0.29) is 5.91 Å². The summed E-state index contributed by atoms with van der Waals surface area (Å²) in [6.07, 6.45) is 9.24. The Morgan fingerprint density at radius 3 is 2.57 bits per heavy atom. The van der Waals surface area contributed by atoms with Gasteiger partial charge >= 0.3 is 0 Å². The van der Waals surface area contributed by atoms with Crippen LogP contribution in [-0.4, -0.2) is 22.9 Å². The van der Waals surface area contributed by atoms with Gasteiger partial charge in [0.05, 0.1) is 0 Å². The zero-order valence-electron chi connectivity index (χ0n) is 12.5. The fourth-order valence-electron chi connectivity index (χ4n) is 4.01. The molecule has 1 unspecified atom stereocenters. The zero-order valence-corrected chi connectivity index (χ0v) is 14.1. The van der Waals surface area contributed by atoms with Crippen molar-refractivity contribution in [3.8, 4) is 0 Å². The van der Waals surface area contributed by atoms with Crippen molar-refractivity contribution in [3.63, 3.8) is 0 Å². The maximum absolute atomic E-state index is 12.5. The number of nitrogens with zero attached hydrogens (tertiary/aromatic N) is 1. The summed E-state index contributed by atoms with van der Waals surface area (Å²) in [4.78, 5) is 25.8. The van der Waals surface area contributed by atoms with Crippen LogP contribution in [0.5, 0.6) is 0 Å². The molecule has 0 radical (unpaired) electrons. The number of allylic oxidation sites excluding steroid dienone is 3. The highest BCUT2D eigenvalue weighted by atomic mass is 79.9. The standard InChI is InChI=1S/C16H21BrN2O2/c1-11(8-12(2)17)13-14(21)18-16(19(13)10-20)5-3-4-15(9-16)6-7-15/h8,10H,3-7,9H2,1-2H3,(H,18,21)/b12-8+,13-11-. The highest BCUT2D eigenvalue weighted by Gasteiger charge is 2.58. The predicted molar refractivity (Wildman–Crippen MR) is 84.3 cm³/mol. The summed E-state index contributed by atoms with van der Waals surface area (Å²) in [5.41, 5.74) is 1.21. The lowest BCUT2D eigenvalue weighted by atomic mass is 9.78. The highest BCUT2D eigenvalue weighted by molar-refractivity contribution is 9.11.